The van der Waals surface area contributed by atoms with Crippen LogP contribution in [-0.4, -0.2) is 29.0 Å². The Balaban J connectivity index is 1.61. The largest absolute Gasteiger partial charge is 0.465 e. The minimum absolute atomic E-state index is 0.201. The zero-order valence-electron chi connectivity index (χ0n) is 17.0. The van der Waals surface area contributed by atoms with E-state index in [-0.39, 0.29) is 12.3 Å². The smallest absolute Gasteiger partial charge is 0.251 e. The number of anilines is 1. The summed E-state index contributed by atoms with van der Waals surface area (Å²) in [5.41, 5.74) is 3.25. The van der Waals surface area contributed by atoms with Crippen LogP contribution < -0.4 is 15.4 Å². The normalized spacial score (nSPS) is 10.0. The SMILES string of the molecule is C=COc1ccccc1CCNc1cc(-c2ccc(C(=O)NCCC#N)cc2)ncn1. The Kier molecular flexibility index (Phi) is 7.72. The summed E-state index contributed by atoms with van der Waals surface area (Å²) in [6, 6.07) is 18.9. The summed E-state index contributed by atoms with van der Waals surface area (Å²) in [4.78, 5) is 20.7. The van der Waals surface area contributed by atoms with Gasteiger partial charge in [-0.25, -0.2) is 9.97 Å². The maximum atomic E-state index is 12.1. The number of carbonyl (C=O) groups excluding carboxylic acids is 1. The number of aromatic nitrogens is 2. The van der Waals surface area contributed by atoms with Gasteiger partial charge in [-0.3, -0.25) is 4.79 Å². The van der Waals surface area contributed by atoms with E-state index in [0.29, 0.717) is 24.5 Å². The van der Waals surface area contributed by atoms with Gasteiger partial charge >= 0.3 is 0 Å². The summed E-state index contributed by atoms with van der Waals surface area (Å²) in [6.07, 6.45) is 3.98. The first-order chi connectivity index (χ1) is 15.2. The summed E-state index contributed by atoms with van der Waals surface area (Å²) in [5, 5.41) is 14.6. The van der Waals surface area contributed by atoms with E-state index in [1.165, 1.54) is 12.6 Å². The molecule has 1 amide bonds. The Bertz CT molecular complexity index is 1070. The van der Waals surface area contributed by atoms with E-state index in [0.717, 1.165) is 29.0 Å². The molecule has 0 saturated heterocycles. The highest BCUT2D eigenvalue weighted by molar-refractivity contribution is 5.94. The molecule has 3 aromatic rings. The molecule has 3 rings (SSSR count). The molecule has 0 saturated carbocycles. The van der Waals surface area contributed by atoms with Crippen LogP contribution in [0, 0.1) is 11.3 Å². The number of carbonyl (C=O) groups is 1. The van der Waals surface area contributed by atoms with Crippen molar-refractivity contribution in [3.63, 3.8) is 0 Å². The first-order valence-corrected chi connectivity index (χ1v) is 9.88. The Morgan fingerprint density at radius 2 is 1.94 bits per heavy atom. The first kappa shape index (κ1) is 21.5. The third-order valence-electron chi connectivity index (χ3n) is 4.52. The standard InChI is InChI=1S/C24H23N5O2/c1-2-31-22-7-4-3-6-19(22)12-15-26-23-16-21(28-17-29-23)18-8-10-20(11-9-18)24(30)27-14-5-13-25/h2-4,6-11,16-17H,1,5,12,14-15H2,(H,27,30)(H,26,28,29). The minimum Gasteiger partial charge on any atom is -0.465 e. The molecule has 0 unspecified atom stereocenters. The van der Waals surface area contributed by atoms with Gasteiger partial charge in [0.05, 0.1) is 24.4 Å². The van der Waals surface area contributed by atoms with Gasteiger partial charge in [0.2, 0.25) is 0 Å². The number of hydrogen-bond acceptors (Lipinski definition) is 6. The van der Waals surface area contributed by atoms with E-state index >= 15 is 0 Å². The van der Waals surface area contributed by atoms with Gasteiger partial charge in [-0.05, 0) is 30.2 Å². The van der Waals surface area contributed by atoms with Crippen LogP contribution in [0.15, 0.2) is 73.8 Å². The lowest BCUT2D eigenvalue weighted by Gasteiger charge is -2.10. The number of rotatable bonds is 10. The Morgan fingerprint density at radius 1 is 1.13 bits per heavy atom. The molecule has 0 fully saturated rings. The molecule has 7 nitrogen and oxygen atoms in total. The van der Waals surface area contributed by atoms with Gasteiger partial charge in [-0.1, -0.05) is 36.9 Å². The van der Waals surface area contributed by atoms with Crippen LogP contribution in [0.5, 0.6) is 5.75 Å². The fourth-order valence-corrected chi connectivity index (χ4v) is 2.98. The average molecular weight is 413 g/mol. The maximum Gasteiger partial charge on any atom is 0.251 e. The summed E-state index contributed by atoms with van der Waals surface area (Å²) >= 11 is 0. The molecule has 0 aliphatic rings. The van der Waals surface area contributed by atoms with Crippen molar-refractivity contribution in [2.45, 2.75) is 12.8 Å². The van der Waals surface area contributed by atoms with E-state index < -0.39 is 0 Å². The predicted molar refractivity (Wildman–Crippen MR) is 119 cm³/mol. The van der Waals surface area contributed by atoms with E-state index in [1.807, 2.05) is 48.5 Å². The number of ether oxygens (including phenoxy) is 1. The van der Waals surface area contributed by atoms with Gasteiger partial charge in [0.1, 0.15) is 17.9 Å². The number of nitriles is 1. The predicted octanol–water partition coefficient (Wildman–Crippen LogP) is 3.96. The molecular formula is C24H23N5O2. The van der Waals surface area contributed by atoms with Crippen molar-refractivity contribution in [2.75, 3.05) is 18.4 Å². The molecule has 0 aliphatic carbocycles. The van der Waals surface area contributed by atoms with Crippen LogP contribution in [0.1, 0.15) is 22.3 Å². The second-order valence-electron chi connectivity index (χ2n) is 6.60. The van der Waals surface area contributed by atoms with Gasteiger partial charge in [0.15, 0.2) is 0 Å². The summed E-state index contributed by atoms with van der Waals surface area (Å²) < 4.78 is 5.44. The van der Waals surface area contributed by atoms with Gasteiger partial charge < -0.3 is 15.4 Å². The highest BCUT2D eigenvalue weighted by atomic mass is 16.5. The third kappa shape index (κ3) is 6.15. The number of nitrogens with one attached hydrogen (secondary N) is 2. The lowest BCUT2D eigenvalue weighted by molar-refractivity contribution is 0.0954. The lowest BCUT2D eigenvalue weighted by atomic mass is 10.1. The van der Waals surface area contributed by atoms with E-state index in [4.69, 9.17) is 10.00 Å². The second-order valence-corrected chi connectivity index (χ2v) is 6.60. The third-order valence-corrected chi connectivity index (χ3v) is 4.52. The molecule has 0 spiro atoms. The summed E-state index contributed by atoms with van der Waals surface area (Å²) in [5.74, 6) is 1.30. The quantitative estimate of drug-likeness (QED) is 0.385. The molecule has 156 valence electrons. The zero-order chi connectivity index (χ0) is 21.9. The molecule has 1 heterocycles. The molecule has 7 heteroatoms. The fourth-order valence-electron chi connectivity index (χ4n) is 2.98. The fraction of sp³-hybridized carbons (Fsp3) is 0.167. The van der Waals surface area contributed by atoms with Crippen LogP contribution in [0.2, 0.25) is 0 Å². The van der Waals surface area contributed by atoms with Crippen LogP contribution in [0.25, 0.3) is 11.3 Å². The molecule has 0 radical (unpaired) electrons. The highest BCUT2D eigenvalue weighted by Crippen LogP contribution is 2.21. The topological polar surface area (TPSA) is 99.9 Å². The molecule has 31 heavy (non-hydrogen) atoms. The molecule has 1 aromatic heterocycles. The second kappa shape index (κ2) is 11.1. The Labute approximate surface area is 181 Å². The monoisotopic (exact) mass is 413 g/mol. The number of hydrogen-bond donors (Lipinski definition) is 2. The average Bonchev–Trinajstić information content (AvgIpc) is 2.81. The van der Waals surface area contributed by atoms with Gasteiger partial charge in [-0.2, -0.15) is 5.26 Å². The van der Waals surface area contributed by atoms with Gasteiger partial charge in [0.25, 0.3) is 5.91 Å². The number of amides is 1. The van der Waals surface area contributed by atoms with E-state index in [1.54, 1.807) is 12.1 Å². The van der Waals surface area contributed by atoms with Crippen LogP contribution in [0.4, 0.5) is 5.82 Å². The Hall–Kier alpha value is -4.18. The van der Waals surface area contributed by atoms with Crippen molar-refractivity contribution in [1.82, 2.24) is 15.3 Å². The van der Waals surface area contributed by atoms with Crippen molar-refractivity contribution in [3.05, 3.63) is 84.9 Å². The van der Waals surface area contributed by atoms with Gasteiger partial charge in [0, 0.05) is 30.3 Å². The van der Waals surface area contributed by atoms with E-state index in [9.17, 15) is 4.79 Å². The summed E-state index contributed by atoms with van der Waals surface area (Å²) in [7, 11) is 0. The molecule has 0 aliphatic heterocycles. The molecule has 0 atom stereocenters. The van der Waals surface area contributed by atoms with Crippen LogP contribution in [-0.2, 0) is 6.42 Å². The maximum absolute atomic E-state index is 12.1. The Morgan fingerprint density at radius 3 is 2.71 bits per heavy atom. The molecule has 2 N–H and O–H groups in total. The number of nitrogens with zero attached hydrogens (tertiary/aromatic N) is 3. The van der Waals surface area contributed by atoms with E-state index in [2.05, 4.69) is 27.2 Å². The van der Waals surface area contributed by atoms with Crippen molar-refractivity contribution < 1.29 is 9.53 Å². The number of para-hydroxylation sites is 1. The summed E-state index contributed by atoms with van der Waals surface area (Å²) in [6.45, 7) is 4.62. The lowest BCUT2D eigenvalue weighted by Crippen LogP contribution is -2.24. The van der Waals surface area contributed by atoms with Crippen molar-refractivity contribution >= 4 is 11.7 Å². The number of benzene rings is 2. The zero-order valence-corrected chi connectivity index (χ0v) is 17.0. The molecule has 0 bridgehead atoms. The van der Waals surface area contributed by atoms with Gasteiger partial charge in [-0.15, -0.1) is 0 Å². The first-order valence-electron chi connectivity index (χ1n) is 9.88. The highest BCUT2D eigenvalue weighted by Gasteiger charge is 2.07. The molecule has 2 aromatic carbocycles. The minimum atomic E-state index is -0.201. The van der Waals surface area contributed by atoms with Crippen LogP contribution in [0.3, 0.4) is 0 Å². The van der Waals surface area contributed by atoms with Crippen molar-refractivity contribution in [1.29, 1.82) is 5.26 Å². The van der Waals surface area contributed by atoms with Crippen molar-refractivity contribution in [3.8, 4) is 23.1 Å². The van der Waals surface area contributed by atoms with Crippen molar-refractivity contribution in [2.24, 2.45) is 0 Å². The van der Waals surface area contributed by atoms with Crippen LogP contribution >= 0.6 is 0 Å². The molecular weight excluding hydrogens is 390 g/mol.